The van der Waals surface area contributed by atoms with Crippen molar-refractivity contribution in [3.8, 4) is 11.5 Å². The van der Waals surface area contributed by atoms with Gasteiger partial charge in [0.15, 0.2) is 11.5 Å². The van der Waals surface area contributed by atoms with E-state index in [-0.39, 0.29) is 23.0 Å². The van der Waals surface area contributed by atoms with Gasteiger partial charge in [-0.2, -0.15) is 0 Å². The molecule has 0 unspecified atom stereocenters. The molecule has 0 spiro atoms. The molecule has 41 heavy (non-hydrogen) atoms. The maximum Gasteiger partial charge on any atom is 0.264 e. The summed E-state index contributed by atoms with van der Waals surface area (Å²) in [5.41, 5.74) is 0.828. The summed E-state index contributed by atoms with van der Waals surface area (Å²) in [4.78, 5) is 28.7. The van der Waals surface area contributed by atoms with Crippen LogP contribution >= 0.6 is 11.6 Å². The average molecular weight is 602 g/mol. The predicted molar refractivity (Wildman–Crippen MR) is 160 cm³/mol. The van der Waals surface area contributed by atoms with Crippen molar-refractivity contribution in [2.45, 2.75) is 44.2 Å². The first-order valence-corrected chi connectivity index (χ1v) is 15.1. The lowest BCUT2D eigenvalue weighted by molar-refractivity contribution is -0.140. The van der Waals surface area contributed by atoms with Crippen LogP contribution in [0.25, 0.3) is 0 Å². The summed E-state index contributed by atoms with van der Waals surface area (Å²) < 4.78 is 39.6. The molecule has 0 aliphatic heterocycles. The highest BCUT2D eigenvalue weighted by atomic mass is 35.5. The van der Waals surface area contributed by atoms with E-state index in [4.69, 9.17) is 21.1 Å². The second-order valence-corrected chi connectivity index (χ2v) is 11.5. The van der Waals surface area contributed by atoms with E-state index in [0.717, 1.165) is 10.7 Å². The number of nitrogens with one attached hydrogen (secondary N) is 1. The van der Waals surface area contributed by atoms with Gasteiger partial charge in [-0.25, -0.2) is 8.42 Å². The third-order valence-electron chi connectivity index (χ3n) is 6.50. The molecule has 2 amide bonds. The summed E-state index contributed by atoms with van der Waals surface area (Å²) in [7, 11) is -1.30. The van der Waals surface area contributed by atoms with Crippen LogP contribution in [0, 0.1) is 0 Å². The Labute approximate surface area is 247 Å². The molecule has 11 heteroatoms. The summed E-state index contributed by atoms with van der Waals surface area (Å²) in [6.45, 7) is 3.62. The van der Waals surface area contributed by atoms with E-state index in [9.17, 15) is 18.0 Å². The Bertz CT molecular complexity index is 1440. The highest BCUT2D eigenvalue weighted by molar-refractivity contribution is 7.92. The fourth-order valence-electron chi connectivity index (χ4n) is 4.32. The number of rotatable bonds is 14. The summed E-state index contributed by atoms with van der Waals surface area (Å²) >= 11 is 6.43. The van der Waals surface area contributed by atoms with Gasteiger partial charge in [0.2, 0.25) is 11.8 Å². The number of hydrogen-bond acceptors (Lipinski definition) is 6. The molecule has 220 valence electrons. The number of benzene rings is 3. The zero-order chi connectivity index (χ0) is 30.0. The molecule has 1 N–H and O–H groups in total. The Kier molecular flexibility index (Phi) is 11.4. The van der Waals surface area contributed by atoms with Gasteiger partial charge in [-0.3, -0.25) is 13.9 Å². The van der Waals surface area contributed by atoms with Gasteiger partial charge in [0.05, 0.1) is 24.8 Å². The highest BCUT2D eigenvalue weighted by Crippen LogP contribution is 2.34. The average Bonchev–Trinajstić information content (AvgIpc) is 2.99. The van der Waals surface area contributed by atoms with Crippen LogP contribution in [0.1, 0.15) is 32.3 Å². The highest BCUT2D eigenvalue weighted by Gasteiger charge is 2.34. The maximum atomic E-state index is 14.1. The number of anilines is 1. The van der Waals surface area contributed by atoms with Crippen molar-refractivity contribution < 1.29 is 27.5 Å². The lowest BCUT2D eigenvalue weighted by Crippen LogP contribution is -2.52. The Hall–Kier alpha value is -3.76. The summed E-state index contributed by atoms with van der Waals surface area (Å²) in [5, 5.41) is 3.29. The van der Waals surface area contributed by atoms with Gasteiger partial charge in [-0.05, 0) is 48.7 Å². The Balaban J connectivity index is 2.11. The minimum Gasteiger partial charge on any atom is -0.493 e. The summed E-state index contributed by atoms with van der Waals surface area (Å²) in [6.07, 6.45) is 1.04. The first-order chi connectivity index (χ1) is 19.7. The van der Waals surface area contributed by atoms with Crippen LogP contribution in [0.3, 0.4) is 0 Å². The number of carbonyl (C=O) groups excluding carboxylic acids is 2. The largest absolute Gasteiger partial charge is 0.493 e. The molecule has 0 bridgehead atoms. The van der Waals surface area contributed by atoms with E-state index in [1.54, 1.807) is 61.5 Å². The molecule has 9 nitrogen and oxygen atoms in total. The monoisotopic (exact) mass is 601 g/mol. The molecule has 0 heterocycles. The Morgan fingerprint density at radius 1 is 0.927 bits per heavy atom. The molecular weight excluding hydrogens is 566 g/mol. The van der Waals surface area contributed by atoms with Crippen LogP contribution in [0.2, 0.25) is 5.02 Å². The topological polar surface area (TPSA) is 105 Å². The molecule has 1 atom stereocenters. The van der Waals surface area contributed by atoms with Crippen molar-refractivity contribution in [2.24, 2.45) is 0 Å². The number of ether oxygens (including phenoxy) is 2. The quantitative estimate of drug-likeness (QED) is 0.282. The molecule has 3 aromatic carbocycles. The van der Waals surface area contributed by atoms with Crippen LogP contribution in [0.4, 0.5) is 5.69 Å². The van der Waals surface area contributed by atoms with E-state index in [1.165, 1.54) is 37.3 Å². The first-order valence-electron chi connectivity index (χ1n) is 13.3. The van der Waals surface area contributed by atoms with Crippen LogP contribution in [0.5, 0.6) is 11.5 Å². The molecule has 0 saturated carbocycles. The zero-order valence-electron chi connectivity index (χ0n) is 23.7. The minimum atomic E-state index is -4.21. The molecule has 0 aliphatic carbocycles. The molecule has 0 fully saturated rings. The predicted octanol–water partition coefficient (Wildman–Crippen LogP) is 4.89. The zero-order valence-corrected chi connectivity index (χ0v) is 25.2. The number of nitrogens with zero attached hydrogens (tertiary/aromatic N) is 2. The van der Waals surface area contributed by atoms with Crippen LogP contribution in [-0.4, -0.2) is 58.5 Å². The number of amides is 2. The van der Waals surface area contributed by atoms with Crippen molar-refractivity contribution in [1.82, 2.24) is 10.2 Å². The maximum absolute atomic E-state index is 14.1. The fourth-order valence-corrected chi connectivity index (χ4v) is 5.95. The molecule has 0 aromatic heterocycles. The van der Waals surface area contributed by atoms with Crippen molar-refractivity contribution in [2.75, 3.05) is 31.6 Å². The van der Waals surface area contributed by atoms with Gasteiger partial charge in [-0.1, -0.05) is 61.8 Å². The number of methoxy groups -OCH3 is 2. The SMILES string of the molecule is CCCNC(=O)[C@@H](CC)N(Cc1ccccc1Cl)C(=O)CN(c1ccc(OC)c(OC)c1)S(=O)(=O)c1ccccc1. The second kappa shape index (κ2) is 14.7. The summed E-state index contributed by atoms with van der Waals surface area (Å²) in [5.74, 6) is -0.196. The van der Waals surface area contributed by atoms with E-state index < -0.39 is 28.5 Å². The smallest absolute Gasteiger partial charge is 0.264 e. The first kappa shape index (κ1) is 31.8. The Morgan fingerprint density at radius 2 is 1.59 bits per heavy atom. The molecule has 3 rings (SSSR count). The lowest BCUT2D eigenvalue weighted by atomic mass is 10.1. The molecule has 3 aromatic rings. The summed E-state index contributed by atoms with van der Waals surface area (Å²) in [6, 6.07) is 18.6. The van der Waals surface area contributed by atoms with E-state index in [2.05, 4.69) is 5.32 Å². The van der Waals surface area contributed by atoms with Gasteiger partial charge in [0.25, 0.3) is 10.0 Å². The van der Waals surface area contributed by atoms with Crippen LogP contribution in [0.15, 0.2) is 77.7 Å². The Morgan fingerprint density at radius 3 is 2.20 bits per heavy atom. The van der Waals surface area contributed by atoms with E-state index >= 15 is 0 Å². The van der Waals surface area contributed by atoms with Gasteiger partial charge in [0.1, 0.15) is 12.6 Å². The minimum absolute atomic E-state index is 0.00738. The number of hydrogen-bond donors (Lipinski definition) is 1. The van der Waals surface area contributed by atoms with Gasteiger partial charge >= 0.3 is 0 Å². The van der Waals surface area contributed by atoms with Gasteiger partial charge < -0.3 is 19.7 Å². The molecular formula is C30H36ClN3O6S. The number of carbonyl (C=O) groups is 2. The van der Waals surface area contributed by atoms with Crippen molar-refractivity contribution >= 4 is 39.1 Å². The van der Waals surface area contributed by atoms with E-state index in [1.807, 2.05) is 6.92 Å². The third kappa shape index (κ3) is 7.71. The van der Waals surface area contributed by atoms with Gasteiger partial charge in [0, 0.05) is 24.2 Å². The van der Waals surface area contributed by atoms with Gasteiger partial charge in [-0.15, -0.1) is 0 Å². The lowest BCUT2D eigenvalue weighted by Gasteiger charge is -2.33. The van der Waals surface area contributed by atoms with Crippen LogP contribution in [-0.2, 0) is 26.2 Å². The number of sulfonamides is 1. The molecule has 0 aliphatic rings. The van der Waals surface area contributed by atoms with Crippen molar-refractivity contribution in [3.63, 3.8) is 0 Å². The van der Waals surface area contributed by atoms with E-state index in [0.29, 0.717) is 35.1 Å². The standard InChI is InChI=1S/C30H36ClN3O6S/c1-5-18-32-30(36)26(6-2)33(20-22-12-10-11-15-25(22)31)29(35)21-34(41(37,38)24-13-8-7-9-14-24)23-16-17-27(39-3)28(19-23)40-4/h7-17,19,26H,5-6,18,20-21H2,1-4H3,(H,32,36)/t26-/m1/s1. The number of halogens is 1. The third-order valence-corrected chi connectivity index (χ3v) is 8.66. The molecule has 0 radical (unpaired) electrons. The second-order valence-electron chi connectivity index (χ2n) is 9.19. The normalized spacial score (nSPS) is 11.8. The van der Waals surface area contributed by atoms with Crippen LogP contribution < -0.4 is 19.1 Å². The van der Waals surface area contributed by atoms with Crippen molar-refractivity contribution in [1.29, 1.82) is 0 Å². The molecule has 0 saturated heterocycles. The fraction of sp³-hybridized carbons (Fsp3) is 0.333. The van der Waals surface area contributed by atoms with Crippen molar-refractivity contribution in [3.05, 3.63) is 83.4 Å².